The number of carboxylic acids is 1. The Hall–Kier alpha value is -2.06. The van der Waals surface area contributed by atoms with E-state index in [2.05, 4.69) is 4.98 Å². The van der Waals surface area contributed by atoms with Crippen LogP contribution in [0.5, 0.6) is 0 Å². The molecule has 0 aromatic carbocycles. The minimum Gasteiger partial charge on any atom is -0.477 e. The first-order chi connectivity index (χ1) is 10.9. The minimum atomic E-state index is -1.12. The molecule has 1 saturated heterocycles. The second-order valence-corrected chi connectivity index (χ2v) is 6.76. The molecule has 0 bridgehead atoms. The first kappa shape index (κ1) is 15.8. The molecule has 4 N–H and O–H groups in total. The fourth-order valence-corrected chi connectivity index (χ4v) is 4.19. The predicted octanol–water partition coefficient (Wildman–Crippen LogP) is 0.805. The standard InChI is InChI=1S/C15H17N3O4S/c1-7(19)12-10-5-11(13(15(21)22)18(10)14(12)20)23-6-9-4-8(16)2-3-17-9/h2-4,7,10,12,19H,5-6H2,1H3,(H2,16,17)(H,21,22)/t7-,10+,12-/m1/s1. The maximum absolute atomic E-state index is 12.1. The van der Waals surface area contributed by atoms with Crippen molar-refractivity contribution in [3.05, 3.63) is 34.6 Å². The minimum absolute atomic E-state index is 0.0332. The number of aliphatic carboxylic acids is 1. The number of pyridine rings is 1. The lowest BCUT2D eigenvalue weighted by Gasteiger charge is -2.44. The molecule has 1 aromatic rings. The van der Waals surface area contributed by atoms with Gasteiger partial charge in [-0.15, -0.1) is 11.8 Å². The summed E-state index contributed by atoms with van der Waals surface area (Å²) >= 11 is 1.35. The fourth-order valence-electron chi connectivity index (χ4n) is 3.10. The van der Waals surface area contributed by atoms with Gasteiger partial charge in [-0.3, -0.25) is 9.78 Å². The summed E-state index contributed by atoms with van der Waals surface area (Å²) in [5.74, 6) is -1.48. The monoisotopic (exact) mass is 335 g/mol. The lowest BCUT2D eigenvalue weighted by atomic mass is 9.83. The number of fused-ring (bicyclic) bond motifs is 1. The van der Waals surface area contributed by atoms with Gasteiger partial charge in [0.25, 0.3) is 0 Å². The van der Waals surface area contributed by atoms with Gasteiger partial charge in [0.15, 0.2) is 0 Å². The van der Waals surface area contributed by atoms with E-state index in [1.54, 1.807) is 25.3 Å². The van der Waals surface area contributed by atoms with E-state index in [-0.39, 0.29) is 17.6 Å². The van der Waals surface area contributed by atoms with Crippen LogP contribution in [0, 0.1) is 5.92 Å². The zero-order valence-electron chi connectivity index (χ0n) is 12.5. The largest absolute Gasteiger partial charge is 0.477 e. The molecule has 0 radical (unpaired) electrons. The fraction of sp³-hybridized carbons (Fsp3) is 0.400. The Balaban J connectivity index is 1.78. The predicted molar refractivity (Wildman–Crippen MR) is 85.0 cm³/mol. The number of thioether (sulfide) groups is 1. The molecular formula is C15H17N3O4S. The van der Waals surface area contributed by atoms with Crippen molar-refractivity contribution in [3.8, 4) is 0 Å². The summed E-state index contributed by atoms with van der Waals surface area (Å²) in [7, 11) is 0. The molecule has 0 unspecified atom stereocenters. The maximum Gasteiger partial charge on any atom is 0.353 e. The average Bonchev–Trinajstić information content (AvgIpc) is 2.79. The molecule has 2 aliphatic rings. The Labute approximate surface area is 137 Å². The van der Waals surface area contributed by atoms with Crippen LogP contribution in [-0.4, -0.2) is 44.1 Å². The van der Waals surface area contributed by atoms with Crippen LogP contribution in [0.2, 0.25) is 0 Å². The molecule has 0 saturated carbocycles. The summed E-state index contributed by atoms with van der Waals surface area (Å²) in [6.45, 7) is 1.56. The molecule has 0 spiro atoms. The van der Waals surface area contributed by atoms with Gasteiger partial charge in [0, 0.05) is 29.0 Å². The number of amides is 1. The Morgan fingerprint density at radius 1 is 1.61 bits per heavy atom. The number of rotatable bonds is 5. The molecule has 3 heterocycles. The number of aliphatic hydroxyl groups excluding tert-OH is 1. The summed E-state index contributed by atoms with van der Waals surface area (Å²) in [5, 5.41) is 19.1. The third kappa shape index (κ3) is 2.68. The van der Waals surface area contributed by atoms with Crippen molar-refractivity contribution < 1.29 is 19.8 Å². The van der Waals surface area contributed by atoms with Gasteiger partial charge in [0.1, 0.15) is 5.70 Å². The molecule has 0 aliphatic carbocycles. The summed E-state index contributed by atoms with van der Waals surface area (Å²) in [6, 6.07) is 3.16. The maximum atomic E-state index is 12.1. The van der Waals surface area contributed by atoms with Crippen molar-refractivity contribution in [2.24, 2.45) is 5.92 Å². The lowest BCUT2D eigenvalue weighted by molar-refractivity contribution is -0.161. The summed E-state index contributed by atoms with van der Waals surface area (Å²) < 4.78 is 0. The van der Waals surface area contributed by atoms with E-state index >= 15 is 0 Å². The smallest absolute Gasteiger partial charge is 0.353 e. The molecule has 1 fully saturated rings. The van der Waals surface area contributed by atoms with Crippen LogP contribution in [0.15, 0.2) is 28.9 Å². The molecule has 122 valence electrons. The highest BCUT2D eigenvalue weighted by molar-refractivity contribution is 8.02. The van der Waals surface area contributed by atoms with Gasteiger partial charge in [-0.2, -0.15) is 0 Å². The van der Waals surface area contributed by atoms with Gasteiger partial charge >= 0.3 is 5.97 Å². The van der Waals surface area contributed by atoms with Crippen LogP contribution < -0.4 is 5.73 Å². The third-order valence-electron chi connectivity index (χ3n) is 4.13. The van der Waals surface area contributed by atoms with Gasteiger partial charge in [-0.25, -0.2) is 4.79 Å². The highest BCUT2D eigenvalue weighted by atomic mass is 32.2. The van der Waals surface area contributed by atoms with Crippen molar-refractivity contribution in [2.45, 2.75) is 31.2 Å². The van der Waals surface area contributed by atoms with Crippen molar-refractivity contribution in [2.75, 3.05) is 5.73 Å². The number of nitrogen functional groups attached to an aromatic ring is 1. The summed E-state index contributed by atoms with van der Waals surface area (Å²) in [6.07, 6.45) is 1.28. The van der Waals surface area contributed by atoms with Crippen molar-refractivity contribution in [1.82, 2.24) is 9.88 Å². The molecule has 23 heavy (non-hydrogen) atoms. The Kier molecular flexibility index (Phi) is 4.03. The highest BCUT2D eigenvalue weighted by Gasteiger charge is 2.56. The molecule has 7 nitrogen and oxygen atoms in total. The zero-order chi connectivity index (χ0) is 16.7. The first-order valence-corrected chi connectivity index (χ1v) is 8.19. The number of nitrogens with zero attached hydrogens (tertiary/aromatic N) is 2. The van der Waals surface area contributed by atoms with Crippen LogP contribution in [-0.2, 0) is 15.3 Å². The van der Waals surface area contributed by atoms with E-state index < -0.39 is 18.0 Å². The summed E-state index contributed by atoms with van der Waals surface area (Å²) in [4.78, 5) is 29.8. The number of hydrogen-bond donors (Lipinski definition) is 3. The molecule has 1 amide bonds. The molecule has 1 aromatic heterocycles. The summed E-state index contributed by atoms with van der Waals surface area (Å²) in [5.41, 5.74) is 7.09. The van der Waals surface area contributed by atoms with E-state index in [0.717, 1.165) is 5.69 Å². The van der Waals surface area contributed by atoms with E-state index in [9.17, 15) is 19.8 Å². The van der Waals surface area contributed by atoms with Crippen LogP contribution >= 0.6 is 11.8 Å². The number of carboxylic acid groups (broad SMARTS) is 1. The van der Waals surface area contributed by atoms with E-state index in [0.29, 0.717) is 22.8 Å². The molecular weight excluding hydrogens is 318 g/mol. The number of carbonyl (C=O) groups excluding carboxylic acids is 1. The number of hydrogen-bond acceptors (Lipinski definition) is 6. The number of nitrogens with two attached hydrogens (primary N) is 1. The SMILES string of the molecule is C[C@@H](O)[C@H]1C(=O)N2C(C(=O)O)=C(SCc3cc(N)ccn3)C[C@@H]12. The number of aromatic nitrogens is 1. The normalized spacial score (nSPS) is 24.4. The van der Waals surface area contributed by atoms with Crippen LogP contribution in [0.25, 0.3) is 0 Å². The third-order valence-corrected chi connectivity index (χ3v) is 5.27. The van der Waals surface area contributed by atoms with Gasteiger partial charge in [-0.1, -0.05) is 0 Å². The van der Waals surface area contributed by atoms with Gasteiger partial charge < -0.3 is 20.8 Å². The van der Waals surface area contributed by atoms with Gasteiger partial charge in [0.2, 0.25) is 5.91 Å². The van der Waals surface area contributed by atoms with Gasteiger partial charge in [0.05, 0.1) is 23.8 Å². The van der Waals surface area contributed by atoms with Gasteiger partial charge in [-0.05, 0) is 19.1 Å². The second-order valence-electron chi connectivity index (χ2n) is 5.69. The number of anilines is 1. The molecule has 8 heteroatoms. The van der Waals surface area contributed by atoms with Crippen LogP contribution in [0.4, 0.5) is 5.69 Å². The zero-order valence-corrected chi connectivity index (χ0v) is 13.3. The highest BCUT2D eigenvalue weighted by Crippen LogP contribution is 2.47. The van der Waals surface area contributed by atoms with Crippen molar-refractivity contribution in [3.63, 3.8) is 0 Å². The van der Waals surface area contributed by atoms with Crippen molar-refractivity contribution >= 4 is 29.3 Å². The lowest BCUT2D eigenvalue weighted by Crippen LogP contribution is -2.61. The second kappa shape index (κ2) is 5.86. The number of aliphatic hydroxyl groups is 1. The first-order valence-electron chi connectivity index (χ1n) is 7.21. The quantitative estimate of drug-likeness (QED) is 0.682. The van der Waals surface area contributed by atoms with Crippen LogP contribution in [0.3, 0.4) is 0 Å². The Morgan fingerprint density at radius 3 is 2.96 bits per heavy atom. The topological polar surface area (TPSA) is 117 Å². The Morgan fingerprint density at radius 2 is 2.35 bits per heavy atom. The van der Waals surface area contributed by atoms with Crippen LogP contribution in [0.1, 0.15) is 19.0 Å². The average molecular weight is 335 g/mol. The molecule has 3 atom stereocenters. The van der Waals surface area contributed by atoms with Crippen molar-refractivity contribution in [1.29, 1.82) is 0 Å². The Bertz CT molecular complexity index is 704. The number of carbonyl (C=O) groups is 2. The molecule has 2 aliphatic heterocycles. The van der Waals surface area contributed by atoms with E-state index in [1.165, 1.54) is 16.7 Å². The molecule has 3 rings (SSSR count). The number of β-lactam (4-membered cyclic amide) rings is 1. The van der Waals surface area contributed by atoms with E-state index in [1.807, 2.05) is 0 Å². The van der Waals surface area contributed by atoms with E-state index in [4.69, 9.17) is 5.73 Å².